The Balaban J connectivity index is 2.23. The van der Waals surface area contributed by atoms with Gasteiger partial charge in [-0.1, -0.05) is 37.6 Å². The topological polar surface area (TPSA) is 26.0 Å². The maximum absolute atomic E-state index is 5.17. The first-order valence-corrected chi connectivity index (χ1v) is 6.08. The number of oxazole rings is 1. The van der Waals surface area contributed by atoms with Gasteiger partial charge in [0.05, 0.1) is 0 Å². The van der Waals surface area contributed by atoms with Gasteiger partial charge in [-0.2, -0.15) is 0 Å². The summed E-state index contributed by atoms with van der Waals surface area (Å²) in [7, 11) is 0. The Hall–Kier alpha value is -0.840. The highest BCUT2D eigenvalue weighted by atomic mass is 127. The summed E-state index contributed by atoms with van der Waals surface area (Å²) in [5, 5.41) is 0. The summed E-state index contributed by atoms with van der Waals surface area (Å²) in [5.41, 5.74) is 3.39. The minimum Gasteiger partial charge on any atom is -0.440 e. The maximum atomic E-state index is 5.17. The van der Waals surface area contributed by atoms with Gasteiger partial charge < -0.3 is 4.42 Å². The lowest BCUT2D eigenvalue weighted by molar-refractivity contribution is 0.525. The zero-order chi connectivity index (χ0) is 10.7. The van der Waals surface area contributed by atoms with Crippen molar-refractivity contribution in [2.24, 2.45) is 0 Å². The predicted octanol–water partition coefficient (Wildman–Crippen LogP) is 3.90. The number of benzene rings is 1. The molecule has 1 aromatic heterocycles. The van der Waals surface area contributed by atoms with E-state index < -0.39 is 0 Å². The molecule has 0 unspecified atom stereocenters. The lowest BCUT2D eigenvalue weighted by Crippen LogP contribution is -1.83. The first kappa shape index (κ1) is 10.7. The SMILES string of the molecule is CCCc1ccc(-c2coc(I)n2)cc1. The van der Waals surface area contributed by atoms with Gasteiger partial charge in [-0.15, -0.1) is 0 Å². The average molecular weight is 313 g/mol. The molecule has 2 rings (SSSR count). The second kappa shape index (κ2) is 4.79. The highest BCUT2D eigenvalue weighted by Crippen LogP contribution is 2.20. The number of hydrogen-bond acceptors (Lipinski definition) is 2. The number of halogens is 1. The summed E-state index contributed by atoms with van der Waals surface area (Å²) in [6.07, 6.45) is 4.01. The van der Waals surface area contributed by atoms with Crippen LogP contribution >= 0.6 is 22.6 Å². The summed E-state index contributed by atoms with van der Waals surface area (Å²) in [4.78, 5) is 4.28. The molecule has 1 aromatic carbocycles. The van der Waals surface area contributed by atoms with Crippen molar-refractivity contribution < 1.29 is 4.42 Å². The first-order chi connectivity index (χ1) is 7.29. The third kappa shape index (κ3) is 2.59. The smallest absolute Gasteiger partial charge is 0.257 e. The van der Waals surface area contributed by atoms with Crippen LogP contribution in [-0.4, -0.2) is 4.98 Å². The number of aryl methyl sites for hydroxylation is 1. The van der Waals surface area contributed by atoms with Crippen LogP contribution in [-0.2, 0) is 6.42 Å². The number of aromatic nitrogens is 1. The van der Waals surface area contributed by atoms with Crippen LogP contribution in [0.25, 0.3) is 11.3 Å². The standard InChI is InChI=1S/C12H12INO/c1-2-3-9-4-6-10(7-5-9)11-8-15-12(13)14-11/h4-8H,2-3H2,1H3. The molecule has 0 saturated carbocycles. The van der Waals surface area contributed by atoms with Crippen LogP contribution in [0.1, 0.15) is 18.9 Å². The molecule has 2 aromatic rings. The minimum absolute atomic E-state index is 0.681. The molecule has 3 heteroatoms. The van der Waals surface area contributed by atoms with E-state index in [4.69, 9.17) is 4.42 Å². The summed E-state index contributed by atoms with van der Waals surface area (Å²) < 4.78 is 5.85. The monoisotopic (exact) mass is 313 g/mol. The van der Waals surface area contributed by atoms with E-state index in [0.29, 0.717) is 3.90 Å². The van der Waals surface area contributed by atoms with Gasteiger partial charge in [0.15, 0.2) is 0 Å². The first-order valence-electron chi connectivity index (χ1n) is 5.00. The molecule has 0 spiro atoms. The van der Waals surface area contributed by atoms with Crippen LogP contribution in [0.15, 0.2) is 34.9 Å². The third-order valence-electron chi connectivity index (χ3n) is 2.26. The molecule has 0 saturated heterocycles. The second-order valence-corrected chi connectivity index (χ2v) is 4.36. The molecule has 0 aliphatic carbocycles. The molecule has 0 aliphatic rings. The quantitative estimate of drug-likeness (QED) is 0.803. The largest absolute Gasteiger partial charge is 0.440 e. The van der Waals surface area contributed by atoms with E-state index in [1.54, 1.807) is 6.26 Å². The molecular weight excluding hydrogens is 301 g/mol. The summed E-state index contributed by atoms with van der Waals surface area (Å²) >= 11 is 2.07. The molecule has 1 heterocycles. The van der Waals surface area contributed by atoms with E-state index in [9.17, 15) is 0 Å². The normalized spacial score (nSPS) is 10.5. The van der Waals surface area contributed by atoms with E-state index in [0.717, 1.165) is 17.7 Å². The van der Waals surface area contributed by atoms with E-state index in [-0.39, 0.29) is 0 Å². The van der Waals surface area contributed by atoms with E-state index in [1.807, 2.05) is 0 Å². The molecule has 0 amide bonds. The Morgan fingerprint density at radius 1 is 1.27 bits per heavy atom. The van der Waals surface area contributed by atoms with Crippen molar-refractivity contribution in [3.05, 3.63) is 40.0 Å². The molecule has 15 heavy (non-hydrogen) atoms. The molecule has 0 N–H and O–H groups in total. The van der Waals surface area contributed by atoms with Crippen LogP contribution in [0.5, 0.6) is 0 Å². The molecule has 2 nitrogen and oxygen atoms in total. The predicted molar refractivity (Wildman–Crippen MR) is 68.7 cm³/mol. The van der Waals surface area contributed by atoms with Crippen molar-refractivity contribution in [1.29, 1.82) is 0 Å². The van der Waals surface area contributed by atoms with Crippen molar-refractivity contribution in [1.82, 2.24) is 4.98 Å². The molecule has 0 radical (unpaired) electrons. The lowest BCUT2D eigenvalue weighted by atomic mass is 10.1. The zero-order valence-corrected chi connectivity index (χ0v) is 10.7. The van der Waals surface area contributed by atoms with Crippen molar-refractivity contribution in [3.63, 3.8) is 0 Å². The Morgan fingerprint density at radius 3 is 2.53 bits per heavy atom. The number of nitrogens with zero attached hydrogens (tertiary/aromatic N) is 1. The van der Waals surface area contributed by atoms with Crippen molar-refractivity contribution in [2.75, 3.05) is 0 Å². The third-order valence-corrected chi connectivity index (χ3v) is 2.76. The van der Waals surface area contributed by atoms with E-state index in [1.165, 1.54) is 12.0 Å². The highest BCUT2D eigenvalue weighted by Gasteiger charge is 2.03. The fraction of sp³-hybridized carbons (Fsp3) is 0.250. The molecule has 0 bridgehead atoms. The van der Waals surface area contributed by atoms with Crippen LogP contribution in [0.2, 0.25) is 0 Å². The van der Waals surface area contributed by atoms with Crippen molar-refractivity contribution in [3.8, 4) is 11.3 Å². The second-order valence-electron chi connectivity index (χ2n) is 3.43. The highest BCUT2D eigenvalue weighted by molar-refractivity contribution is 14.1. The fourth-order valence-corrected chi connectivity index (χ4v) is 1.90. The maximum Gasteiger partial charge on any atom is 0.257 e. The van der Waals surface area contributed by atoms with E-state index >= 15 is 0 Å². The fourth-order valence-electron chi connectivity index (χ4n) is 1.52. The molecule has 0 aliphatic heterocycles. The van der Waals surface area contributed by atoms with Gasteiger partial charge in [-0.05, 0) is 12.0 Å². The van der Waals surface area contributed by atoms with Crippen LogP contribution in [0.4, 0.5) is 0 Å². The van der Waals surface area contributed by atoms with E-state index in [2.05, 4.69) is 58.8 Å². The molecule has 0 fully saturated rings. The van der Waals surface area contributed by atoms with Gasteiger partial charge in [-0.25, -0.2) is 4.98 Å². The van der Waals surface area contributed by atoms with Crippen LogP contribution < -0.4 is 0 Å². The van der Waals surface area contributed by atoms with Gasteiger partial charge in [-0.3, -0.25) is 0 Å². The Bertz CT molecular complexity index is 433. The number of hydrogen-bond donors (Lipinski definition) is 0. The van der Waals surface area contributed by atoms with Crippen molar-refractivity contribution in [2.45, 2.75) is 19.8 Å². The van der Waals surface area contributed by atoms with Crippen molar-refractivity contribution >= 4 is 22.6 Å². The molecule has 78 valence electrons. The van der Waals surface area contributed by atoms with Gasteiger partial charge >= 0.3 is 0 Å². The Morgan fingerprint density at radius 2 is 2.00 bits per heavy atom. The molecular formula is C12H12INO. The summed E-state index contributed by atoms with van der Waals surface area (Å²) in [6, 6.07) is 8.50. The van der Waals surface area contributed by atoms with Crippen LogP contribution in [0.3, 0.4) is 0 Å². The lowest BCUT2D eigenvalue weighted by Gasteiger charge is -1.99. The average Bonchev–Trinajstić information content (AvgIpc) is 2.67. The summed E-state index contributed by atoms with van der Waals surface area (Å²) in [5.74, 6) is 0. The van der Waals surface area contributed by atoms with Gasteiger partial charge in [0.2, 0.25) is 0 Å². The van der Waals surface area contributed by atoms with Gasteiger partial charge in [0, 0.05) is 28.2 Å². The Labute approximate surface area is 103 Å². The molecule has 0 atom stereocenters. The van der Waals surface area contributed by atoms with Gasteiger partial charge in [0.1, 0.15) is 12.0 Å². The zero-order valence-electron chi connectivity index (χ0n) is 8.53. The minimum atomic E-state index is 0.681. The Kier molecular flexibility index (Phi) is 3.41. The number of rotatable bonds is 3. The van der Waals surface area contributed by atoms with Crippen LogP contribution in [0, 0.1) is 3.90 Å². The summed E-state index contributed by atoms with van der Waals surface area (Å²) in [6.45, 7) is 2.19. The van der Waals surface area contributed by atoms with Gasteiger partial charge in [0.25, 0.3) is 3.90 Å².